The minimum absolute atomic E-state index is 0.0524. The lowest BCUT2D eigenvalue weighted by Crippen LogP contribution is -2.57. The zero-order chi connectivity index (χ0) is 14.5. The Morgan fingerprint density at radius 1 is 1.45 bits per heavy atom. The van der Waals surface area contributed by atoms with E-state index in [0.717, 1.165) is 19.4 Å². The molecule has 2 fully saturated rings. The number of rotatable bonds is 4. The first-order chi connectivity index (χ1) is 9.58. The summed E-state index contributed by atoms with van der Waals surface area (Å²) in [5.41, 5.74) is 0. The second-order valence-corrected chi connectivity index (χ2v) is 5.84. The van der Waals surface area contributed by atoms with Crippen LogP contribution in [0.5, 0.6) is 0 Å². The summed E-state index contributed by atoms with van der Waals surface area (Å²) in [4.78, 5) is 26.2. The lowest BCUT2D eigenvalue weighted by Gasteiger charge is -2.35. The van der Waals surface area contributed by atoms with Crippen LogP contribution in [0.15, 0.2) is 0 Å². The molecule has 0 bridgehead atoms. The third-order valence-corrected chi connectivity index (χ3v) is 3.77. The summed E-state index contributed by atoms with van der Waals surface area (Å²) in [5, 5.41) is 6.19. The van der Waals surface area contributed by atoms with Gasteiger partial charge >= 0.3 is 0 Å². The number of carbonyl (C=O) groups excluding carboxylic acids is 2. The maximum Gasteiger partial charge on any atom is 0.245 e. The Labute approximate surface area is 120 Å². The SMILES string of the molecule is CC(C)NC(=O)C1COCCN1C(=O)CC1CCCN1. The summed E-state index contributed by atoms with van der Waals surface area (Å²) >= 11 is 0. The number of nitrogens with zero attached hydrogens (tertiary/aromatic N) is 1. The molecule has 2 heterocycles. The Kier molecular flexibility index (Phi) is 5.37. The highest BCUT2D eigenvalue weighted by atomic mass is 16.5. The zero-order valence-electron chi connectivity index (χ0n) is 12.4. The van der Waals surface area contributed by atoms with E-state index in [2.05, 4.69) is 10.6 Å². The average molecular weight is 283 g/mol. The lowest BCUT2D eigenvalue weighted by molar-refractivity contribution is -0.149. The van der Waals surface area contributed by atoms with Crippen LogP contribution in [0.2, 0.25) is 0 Å². The van der Waals surface area contributed by atoms with Gasteiger partial charge in [0.15, 0.2) is 0 Å². The molecule has 0 saturated carbocycles. The minimum atomic E-state index is -0.486. The van der Waals surface area contributed by atoms with Gasteiger partial charge in [0.05, 0.1) is 13.2 Å². The number of hydrogen-bond donors (Lipinski definition) is 2. The van der Waals surface area contributed by atoms with Crippen molar-refractivity contribution in [3.05, 3.63) is 0 Å². The quantitative estimate of drug-likeness (QED) is 0.755. The molecule has 2 aliphatic heterocycles. The van der Waals surface area contributed by atoms with Gasteiger partial charge in [0.1, 0.15) is 6.04 Å². The maximum atomic E-state index is 12.4. The van der Waals surface area contributed by atoms with Crippen LogP contribution in [0.3, 0.4) is 0 Å². The van der Waals surface area contributed by atoms with Crippen molar-refractivity contribution in [2.75, 3.05) is 26.3 Å². The largest absolute Gasteiger partial charge is 0.377 e. The number of amides is 2. The van der Waals surface area contributed by atoms with Crippen LogP contribution in [0, 0.1) is 0 Å². The number of nitrogens with one attached hydrogen (secondary N) is 2. The highest BCUT2D eigenvalue weighted by molar-refractivity contribution is 5.88. The van der Waals surface area contributed by atoms with Crippen molar-refractivity contribution in [1.82, 2.24) is 15.5 Å². The topological polar surface area (TPSA) is 70.7 Å². The predicted octanol–water partition coefficient (Wildman–Crippen LogP) is -0.119. The molecule has 2 N–H and O–H groups in total. The molecule has 2 rings (SSSR count). The molecule has 20 heavy (non-hydrogen) atoms. The van der Waals surface area contributed by atoms with Gasteiger partial charge in [-0.15, -0.1) is 0 Å². The molecule has 0 aromatic rings. The number of hydrogen-bond acceptors (Lipinski definition) is 4. The van der Waals surface area contributed by atoms with Crippen LogP contribution in [0.4, 0.5) is 0 Å². The highest BCUT2D eigenvalue weighted by Gasteiger charge is 2.34. The molecule has 2 atom stereocenters. The van der Waals surface area contributed by atoms with E-state index in [4.69, 9.17) is 4.74 Å². The minimum Gasteiger partial charge on any atom is -0.377 e. The fourth-order valence-corrected chi connectivity index (χ4v) is 2.76. The third-order valence-electron chi connectivity index (χ3n) is 3.77. The van der Waals surface area contributed by atoms with Gasteiger partial charge in [-0.2, -0.15) is 0 Å². The van der Waals surface area contributed by atoms with Crippen molar-refractivity contribution in [1.29, 1.82) is 0 Å². The maximum absolute atomic E-state index is 12.4. The smallest absolute Gasteiger partial charge is 0.245 e. The van der Waals surface area contributed by atoms with E-state index >= 15 is 0 Å². The Balaban J connectivity index is 1.94. The second kappa shape index (κ2) is 7.04. The van der Waals surface area contributed by atoms with Crippen molar-refractivity contribution < 1.29 is 14.3 Å². The van der Waals surface area contributed by atoms with Crippen LogP contribution < -0.4 is 10.6 Å². The summed E-state index contributed by atoms with van der Waals surface area (Å²) in [7, 11) is 0. The van der Waals surface area contributed by atoms with Gasteiger partial charge in [0.2, 0.25) is 11.8 Å². The molecule has 2 unspecified atom stereocenters. The Morgan fingerprint density at radius 2 is 2.25 bits per heavy atom. The van der Waals surface area contributed by atoms with Gasteiger partial charge in [0.25, 0.3) is 0 Å². The van der Waals surface area contributed by atoms with Gasteiger partial charge < -0.3 is 20.3 Å². The summed E-state index contributed by atoms with van der Waals surface area (Å²) in [5.74, 6) is -0.0657. The monoisotopic (exact) mass is 283 g/mol. The lowest BCUT2D eigenvalue weighted by atomic mass is 10.1. The van der Waals surface area contributed by atoms with E-state index in [1.54, 1.807) is 4.90 Å². The molecule has 0 aromatic heterocycles. The molecular weight excluding hydrogens is 258 g/mol. The van der Waals surface area contributed by atoms with Gasteiger partial charge in [0, 0.05) is 25.0 Å². The highest BCUT2D eigenvalue weighted by Crippen LogP contribution is 2.14. The Morgan fingerprint density at radius 3 is 2.90 bits per heavy atom. The van der Waals surface area contributed by atoms with Crippen molar-refractivity contribution in [3.8, 4) is 0 Å². The molecule has 2 amide bonds. The first-order valence-electron chi connectivity index (χ1n) is 7.49. The number of carbonyl (C=O) groups is 2. The van der Waals surface area contributed by atoms with Crippen molar-refractivity contribution in [3.63, 3.8) is 0 Å². The van der Waals surface area contributed by atoms with E-state index in [1.165, 1.54) is 0 Å². The molecule has 114 valence electrons. The molecule has 2 saturated heterocycles. The van der Waals surface area contributed by atoms with Crippen LogP contribution in [-0.4, -0.2) is 61.1 Å². The summed E-state index contributed by atoms with van der Waals surface area (Å²) in [6.45, 7) is 6.12. The Hall–Kier alpha value is -1.14. The van der Waals surface area contributed by atoms with Crippen LogP contribution >= 0.6 is 0 Å². The van der Waals surface area contributed by atoms with Crippen molar-refractivity contribution >= 4 is 11.8 Å². The average Bonchev–Trinajstić information content (AvgIpc) is 2.90. The summed E-state index contributed by atoms with van der Waals surface area (Å²) in [6, 6.07) is -0.155. The molecule has 0 radical (unpaired) electrons. The van der Waals surface area contributed by atoms with E-state index in [-0.39, 0.29) is 23.9 Å². The Bertz CT molecular complexity index is 354. The van der Waals surface area contributed by atoms with Gasteiger partial charge in [-0.05, 0) is 33.2 Å². The van der Waals surface area contributed by atoms with E-state index < -0.39 is 6.04 Å². The third kappa shape index (κ3) is 3.93. The van der Waals surface area contributed by atoms with E-state index in [9.17, 15) is 9.59 Å². The fraction of sp³-hybridized carbons (Fsp3) is 0.857. The van der Waals surface area contributed by atoms with E-state index in [0.29, 0.717) is 26.2 Å². The zero-order valence-corrected chi connectivity index (χ0v) is 12.4. The normalized spacial score (nSPS) is 26.9. The fourth-order valence-electron chi connectivity index (χ4n) is 2.76. The molecule has 6 nitrogen and oxygen atoms in total. The first kappa shape index (κ1) is 15.3. The van der Waals surface area contributed by atoms with Gasteiger partial charge in [-0.3, -0.25) is 9.59 Å². The molecule has 0 spiro atoms. The molecular formula is C14H25N3O3. The summed E-state index contributed by atoms with van der Waals surface area (Å²) < 4.78 is 5.36. The van der Waals surface area contributed by atoms with Crippen molar-refractivity contribution in [2.45, 2.75) is 51.2 Å². The van der Waals surface area contributed by atoms with Gasteiger partial charge in [-0.1, -0.05) is 0 Å². The van der Waals surface area contributed by atoms with E-state index in [1.807, 2.05) is 13.8 Å². The molecule has 6 heteroatoms. The second-order valence-electron chi connectivity index (χ2n) is 5.84. The molecule has 0 aliphatic carbocycles. The number of ether oxygens (including phenoxy) is 1. The molecule has 2 aliphatic rings. The van der Waals surface area contributed by atoms with Crippen molar-refractivity contribution in [2.24, 2.45) is 0 Å². The number of morpholine rings is 1. The predicted molar refractivity (Wildman–Crippen MR) is 75.2 cm³/mol. The van der Waals surface area contributed by atoms with Crippen LogP contribution in [0.1, 0.15) is 33.1 Å². The van der Waals surface area contributed by atoms with Gasteiger partial charge in [-0.25, -0.2) is 0 Å². The first-order valence-corrected chi connectivity index (χ1v) is 7.49. The molecule has 0 aromatic carbocycles. The van der Waals surface area contributed by atoms with Crippen LogP contribution in [0.25, 0.3) is 0 Å². The van der Waals surface area contributed by atoms with Crippen LogP contribution in [-0.2, 0) is 14.3 Å². The summed E-state index contributed by atoms with van der Waals surface area (Å²) in [6.07, 6.45) is 2.64. The standard InChI is InChI=1S/C14H25N3O3/c1-10(2)16-14(19)12-9-20-7-6-17(12)13(18)8-11-4-3-5-15-11/h10-12,15H,3-9H2,1-2H3,(H,16,19).